The summed E-state index contributed by atoms with van der Waals surface area (Å²) in [6.07, 6.45) is 1.06. The molecule has 1 unspecified atom stereocenters. The van der Waals surface area contributed by atoms with Crippen LogP contribution in [-0.4, -0.2) is 23.8 Å². The molecular weight excluding hydrogens is 416 g/mol. The quantitative estimate of drug-likeness (QED) is 0.469. The zero-order valence-corrected chi connectivity index (χ0v) is 17.2. The molecule has 1 atom stereocenters. The molecule has 1 heterocycles. The first-order chi connectivity index (χ1) is 13.5. The summed E-state index contributed by atoms with van der Waals surface area (Å²) in [4.78, 5) is 14.6. The van der Waals surface area contributed by atoms with Crippen molar-refractivity contribution in [2.75, 3.05) is 17.6 Å². The molecule has 1 aliphatic heterocycles. The second kappa shape index (κ2) is 8.12. The Bertz CT molecular complexity index is 1050. The smallest absolute Gasteiger partial charge is 0.338 e. The van der Waals surface area contributed by atoms with Gasteiger partial charge in [0.1, 0.15) is 5.82 Å². The number of halogens is 2. The summed E-state index contributed by atoms with van der Waals surface area (Å²) in [6, 6.07) is 18.1. The average Bonchev–Trinajstić information content (AvgIpc) is 2.90. The Morgan fingerprint density at radius 1 is 1.14 bits per heavy atom. The van der Waals surface area contributed by atoms with Gasteiger partial charge in [0.05, 0.1) is 16.3 Å². The van der Waals surface area contributed by atoms with Gasteiger partial charge in [0.15, 0.2) is 0 Å². The van der Waals surface area contributed by atoms with E-state index in [4.69, 9.17) is 11.6 Å². The van der Waals surface area contributed by atoms with Crippen LogP contribution in [0.5, 0.6) is 0 Å². The molecule has 3 aromatic rings. The summed E-state index contributed by atoms with van der Waals surface area (Å²) in [5, 5.41) is 9.72. The van der Waals surface area contributed by atoms with Crippen molar-refractivity contribution in [2.45, 2.75) is 4.90 Å². The zero-order chi connectivity index (χ0) is 19.7. The SMILES string of the molecule is O=C(O)c1cc(-c2cc3c(cc2Cl)N(c2ccccc2)CCPS3)ccc1F. The molecule has 0 radical (unpaired) electrons. The van der Waals surface area contributed by atoms with Crippen LogP contribution in [0.2, 0.25) is 5.02 Å². The predicted molar refractivity (Wildman–Crippen MR) is 116 cm³/mol. The van der Waals surface area contributed by atoms with Crippen molar-refractivity contribution in [2.24, 2.45) is 0 Å². The van der Waals surface area contributed by atoms with Crippen molar-refractivity contribution in [1.29, 1.82) is 0 Å². The number of carbonyl (C=O) groups is 1. The van der Waals surface area contributed by atoms with E-state index >= 15 is 0 Å². The number of para-hydroxylation sites is 1. The highest BCUT2D eigenvalue weighted by Crippen LogP contribution is 2.49. The van der Waals surface area contributed by atoms with Gasteiger partial charge in [-0.15, -0.1) is 0 Å². The van der Waals surface area contributed by atoms with Gasteiger partial charge in [0, 0.05) is 22.7 Å². The summed E-state index contributed by atoms with van der Waals surface area (Å²) < 4.78 is 13.8. The highest BCUT2D eigenvalue weighted by molar-refractivity contribution is 8.49. The fraction of sp³-hybridized carbons (Fsp3) is 0.0952. The molecule has 0 saturated carbocycles. The van der Waals surface area contributed by atoms with E-state index in [2.05, 4.69) is 17.0 Å². The van der Waals surface area contributed by atoms with Crippen molar-refractivity contribution < 1.29 is 14.3 Å². The topological polar surface area (TPSA) is 40.5 Å². The van der Waals surface area contributed by atoms with Gasteiger partial charge in [-0.2, -0.15) is 0 Å². The lowest BCUT2D eigenvalue weighted by molar-refractivity contribution is 0.0692. The van der Waals surface area contributed by atoms with Crippen LogP contribution < -0.4 is 4.90 Å². The second-order valence-corrected chi connectivity index (χ2v) is 9.60. The Morgan fingerprint density at radius 3 is 2.68 bits per heavy atom. The fourth-order valence-corrected chi connectivity index (χ4v) is 6.02. The standard InChI is InChI=1S/C21H16ClFNO2PS/c22-17-12-19-20(28-27-9-8-24(19)14-4-2-1-3-5-14)11-15(17)13-6-7-18(23)16(10-13)21(25)26/h1-7,10-12,27H,8-9H2,(H,25,26). The van der Waals surface area contributed by atoms with E-state index in [1.54, 1.807) is 17.4 Å². The number of fused-ring (bicyclic) bond motifs is 1. The maximum atomic E-state index is 13.8. The van der Waals surface area contributed by atoms with E-state index in [1.807, 2.05) is 30.3 Å². The van der Waals surface area contributed by atoms with Crippen molar-refractivity contribution in [3.8, 4) is 11.1 Å². The van der Waals surface area contributed by atoms with Gasteiger partial charge in [0.25, 0.3) is 0 Å². The van der Waals surface area contributed by atoms with E-state index in [9.17, 15) is 14.3 Å². The minimum atomic E-state index is -1.30. The van der Waals surface area contributed by atoms with Gasteiger partial charge in [0.2, 0.25) is 0 Å². The Hall–Kier alpha value is -2.07. The second-order valence-electron chi connectivity index (χ2n) is 6.28. The first-order valence-corrected chi connectivity index (χ1v) is 11.8. The van der Waals surface area contributed by atoms with Crippen LogP contribution in [0.4, 0.5) is 15.8 Å². The van der Waals surface area contributed by atoms with Crippen LogP contribution in [0.1, 0.15) is 10.4 Å². The van der Waals surface area contributed by atoms with Gasteiger partial charge in [-0.05, 0) is 48.1 Å². The molecule has 3 aromatic carbocycles. The molecule has 1 aliphatic rings. The monoisotopic (exact) mass is 431 g/mol. The average molecular weight is 432 g/mol. The number of carboxylic acids is 1. The van der Waals surface area contributed by atoms with Crippen molar-refractivity contribution in [3.63, 3.8) is 0 Å². The Morgan fingerprint density at radius 2 is 1.93 bits per heavy atom. The molecule has 28 heavy (non-hydrogen) atoms. The molecule has 0 aliphatic carbocycles. The van der Waals surface area contributed by atoms with Crippen LogP contribution in [0, 0.1) is 5.82 Å². The van der Waals surface area contributed by atoms with E-state index in [0.29, 0.717) is 23.9 Å². The Balaban J connectivity index is 1.82. The van der Waals surface area contributed by atoms with Gasteiger partial charge >= 0.3 is 5.97 Å². The van der Waals surface area contributed by atoms with E-state index in [0.717, 1.165) is 29.0 Å². The lowest BCUT2D eigenvalue weighted by Gasteiger charge is -2.25. The first kappa shape index (κ1) is 19.3. The molecule has 3 nitrogen and oxygen atoms in total. The summed E-state index contributed by atoms with van der Waals surface area (Å²) in [5.74, 6) is -2.05. The van der Waals surface area contributed by atoms with E-state index < -0.39 is 11.8 Å². The van der Waals surface area contributed by atoms with Crippen LogP contribution in [-0.2, 0) is 0 Å². The minimum Gasteiger partial charge on any atom is -0.478 e. The van der Waals surface area contributed by atoms with Crippen LogP contribution in [0.3, 0.4) is 0 Å². The molecule has 0 saturated heterocycles. The van der Waals surface area contributed by atoms with Gasteiger partial charge < -0.3 is 10.0 Å². The molecule has 1 N–H and O–H groups in total. The molecule has 0 amide bonds. The summed E-state index contributed by atoms with van der Waals surface area (Å²) >= 11 is 8.37. The van der Waals surface area contributed by atoms with Gasteiger partial charge in [-0.25, -0.2) is 9.18 Å². The molecular formula is C21H16ClFNO2PS. The number of nitrogens with zero attached hydrogens (tertiary/aromatic N) is 1. The normalized spacial score (nSPS) is 14.6. The molecule has 0 aromatic heterocycles. The van der Waals surface area contributed by atoms with Crippen molar-refractivity contribution >= 4 is 48.1 Å². The summed E-state index contributed by atoms with van der Waals surface area (Å²) in [5.41, 5.74) is 3.08. The number of hydrogen-bond acceptors (Lipinski definition) is 3. The molecule has 0 bridgehead atoms. The lowest BCUT2D eigenvalue weighted by Crippen LogP contribution is -2.19. The van der Waals surface area contributed by atoms with Gasteiger partial charge in [-0.3, -0.25) is 0 Å². The number of rotatable bonds is 3. The molecule has 142 valence electrons. The number of benzene rings is 3. The Kier molecular flexibility index (Phi) is 5.58. The highest BCUT2D eigenvalue weighted by Gasteiger charge is 2.21. The number of aromatic carboxylic acids is 1. The predicted octanol–water partition coefficient (Wildman–Crippen LogP) is 6.68. The molecule has 4 rings (SSSR count). The Labute approximate surface area is 173 Å². The van der Waals surface area contributed by atoms with Crippen LogP contribution >= 0.6 is 30.8 Å². The van der Waals surface area contributed by atoms with Crippen LogP contribution in [0.15, 0.2) is 65.6 Å². The maximum Gasteiger partial charge on any atom is 0.338 e. The number of carboxylic acid groups (broad SMARTS) is 1. The lowest BCUT2D eigenvalue weighted by atomic mass is 10.0. The zero-order valence-electron chi connectivity index (χ0n) is 14.7. The minimum absolute atomic E-state index is 0.357. The summed E-state index contributed by atoms with van der Waals surface area (Å²) in [7, 11) is 0.713. The number of anilines is 2. The van der Waals surface area contributed by atoms with Crippen LogP contribution in [0.25, 0.3) is 11.1 Å². The molecule has 0 fully saturated rings. The maximum absolute atomic E-state index is 13.8. The third-order valence-electron chi connectivity index (χ3n) is 4.53. The van der Waals surface area contributed by atoms with Crippen molar-refractivity contribution in [3.05, 3.63) is 77.1 Å². The summed E-state index contributed by atoms with van der Waals surface area (Å²) in [6.45, 7) is 0.901. The van der Waals surface area contributed by atoms with Gasteiger partial charge in [-0.1, -0.05) is 55.0 Å². The third-order valence-corrected chi connectivity index (χ3v) is 7.67. The van der Waals surface area contributed by atoms with E-state index in [-0.39, 0.29) is 5.56 Å². The largest absolute Gasteiger partial charge is 0.478 e. The number of hydrogen-bond donors (Lipinski definition) is 1. The fourth-order valence-electron chi connectivity index (χ4n) is 3.20. The third kappa shape index (κ3) is 3.75. The first-order valence-electron chi connectivity index (χ1n) is 8.63. The van der Waals surface area contributed by atoms with Crippen molar-refractivity contribution in [1.82, 2.24) is 0 Å². The molecule has 7 heteroatoms. The van der Waals surface area contributed by atoms with E-state index in [1.165, 1.54) is 12.1 Å². The highest BCUT2D eigenvalue weighted by atomic mass is 35.5. The molecule has 0 spiro atoms.